The number of esters is 2. The van der Waals surface area contributed by atoms with Gasteiger partial charge in [0.15, 0.2) is 11.9 Å². The normalized spacial score (nSPS) is 20.2. The van der Waals surface area contributed by atoms with Gasteiger partial charge in [0.2, 0.25) is 0 Å². The number of allylic oxidation sites excluding steroid dienone is 6. The fourth-order valence-electron chi connectivity index (χ4n) is 3.23. The third-order valence-corrected chi connectivity index (χ3v) is 4.82. The Morgan fingerprint density at radius 2 is 1.93 bits per heavy atom. The average Bonchev–Trinajstić information content (AvgIpc) is 3.02. The predicted octanol–water partition coefficient (Wildman–Crippen LogP) is 4.72. The van der Waals surface area contributed by atoms with Crippen LogP contribution in [0.2, 0.25) is 0 Å². The molecule has 5 heteroatoms. The summed E-state index contributed by atoms with van der Waals surface area (Å²) >= 11 is 0. The smallest absolute Gasteiger partial charge is 0.347 e. The van der Waals surface area contributed by atoms with Gasteiger partial charge in [-0.1, -0.05) is 56.6 Å². The van der Waals surface area contributed by atoms with Crippen LogP contribution in [-0.2, 0) is 23.9 Å². The Hall–Kier alpha value is -2.17. The molecule has 156 valence electrons. The van der Waals surface area contributed by atoms with Gasteiger partial charge >= 0.3 is 11.9 Å². The number of ether oxygens (including phenoxy) is 2. The maximum Gasteiger partial charge on any atom is 0.347 e. The monoisotopic (exact) mass is 390 g/mol. The van der Waals surface area contributed by atoms with E-state index in [4.69, 9.17) is 4.74 Å². The van der Waals surface area contributed by atoms with Crippen LogP contribution in [0.5, 0.6) is 0 Å². The minimum Gasteiger partial charge on any atom is -0.466 e. The van der Waals surface area contributed by atoms with Crippen molar-refractivity contribution in [1.82, 2.24) is 0 Å². The standard InChI is InChI=1S/C23H34O5/c1-4-5-6-7-8-10-13-19-16-17-21(25)20(19)14-11-9-12-15-22(23(26)27-3)28-18(2)24/h9-11,13,16-17,19-20,22H,4-8,12,14-15H2,1-3H3/b11-9-,13-10?/t19-,20+,22?/m0/s1. The lowest BCUT2D eigenvalue weighted by molar-refractivity contribution is -0.165. The number of unbranched alkanes of at least 4 members (excludes halogenated alkanes) is 4. The molecule has 0 saturated carbocycles. The first-order valence-electron chi connectivity index (χ1n) is 10.3. The zero-order chi connectivity index (χ0) is 20.8. The second kappa shape index (κ2) is 13.9. The molecule has 0 amide bonds. The second-order valence-corrected chi connectivity index (χ2v) is 7.13. The molecular formula is C23H34O5. The second-order valence-electron chi connectivity index (χ2n) is 7.13. The summed E-state index contributed by atoms with van der Waals surface area (Å²) in [4.78, 5) is 34.8. The molecule has 0 N–H and O–H groups in total. The topological polar surface area (TPSA) is 69.7 Å². The Labute approximate surface area is 168 Å². The highest BCUT2D eigenvalue weighted by Gasteiger charge is 2.27. The van der Waals surface area contributed by atoms with E-state index < -0.39 is 18.0 Å². The summed E-state index contributed by atoms with van der Waals surface area (Å²) in [6.07, 6.45) is 18.6. The molecule has 0 aliphatic heterocycles. The molecule has 0 saturated heterocycles. The van der Waals surface area contributed by atoms with E-state index in [1.807, 2.05) is 18.2 Å². The van der Waals surface area contributed by atoms with E-state index in [0.29, 0.717) is 19.3 Å². The third-order valence-electron chi connectivity index (χ3n) is 4.82. The van der Waals surface area contributed by atoms with E-state index in [9.17, 15) is 14.4 Å². The van der Waals surface area contributed by atoms with Gasteiger partial charge in [-0.15, -0.1) is 0 Å². The van der Waals surface area contributed by atoms with Gasteiger partial charge in [-0.25, -0.2) is 4.79 Å². The third kappa shape index (κ3) is 9.16. The first-order chi connectivity index (χ1) is 13.5. The molecule has 0 spiro atoms. The van der Waals surface area contributed by atoms with Crippen molar-refractivity contribution < 1.29 is 23.9 Å². The maximum atomic E-state index is 12.1. The van der Waals surface area contributed by atoms with E-state index in [1.165, 1.54) is 39.7 Å². The summed E-state index contributed by atoms with van der Waals surface area (Å²) in [6, 6.07) is 0. The Bertz CT molecular complexity index is 588. The summed E-state index contributed by atoms with van der Waals surface area (Å²) in [5.74, 6) is -0.785. The molecule has 0 aromatic carbocycles. The van der Waals surface area contributed by atoms with Crippen molar-refractivity contribution >= 4 is 17.7 Å². The van der Waals surface area contributed by atoms with Crippen LogP contribution in [0.4, 0.5) is 0 Å². The van der Waals surface area contributed by atoms with Crippen molar-refractivity contribution in [2.75, 3.05) is 7.11 Å². The predicted molar refractivity (Wildman–Crippen MR) is 110 cm³/mol. The summed E-state index contributed by atoms with van der Waals surface area (Å²) in [6.45, 7) is 3.47. The van der Waals surface area contributed by atoms with Gasteiger partial charge < -0.3 is 9.47 Å². The molecule has 0 aromatic heterocycles. The van der Waals surface area contributed by atoms with Crippen LogP contribution in [0, 0.1) is 11.8 Å². The van der Waals surface area contributed by atoms with Crippen molar-refractivity contribution in [2.45, 2.75) is 71.3 Å². The van der Waals surface area contributed by atoms with Crippen molar-refractivity contribution in [3.63, 3.8) is 0 Å². The maximum absolute atomic E-state index is 12.1. The molecule has 5 nitrogen and oxygen atoms in total. The molecule has 1 aliphatic rings. The van der Waals surface area contributed by atoms with Crippen molar-refractivity contribution in [2.24, 2.45) is 11.8 Å². The van der Waals surface area contributed by atoms with Crippen LogP contribution in [0.15, 0.2) is 36.5 Å². The average molecular weight is 391 g/mol. The van der Waals surface area contributed by atoms with Gasteiger partial charge in [-0.2, -0.15) is 0 Å². The first-order valence-corrected chi connectivity index (χ1v) is 10.3. The molecule has 0 bridgehead atoms. The summed E-state index contributed by atoms with van der Waals surface area (Å²) in [7, 11) is 1.27. The van der Waals surface area contributed by atoms with Crippen LogP contribution >= 0.6 is 0 Å². The van der Waals surface area contributed by atoms with Gasteiger partial charge in [-0.05, 0) is 38.2 Å². The highest BCUT2D eigenvalue weighted by molar-refractivity contribution is 5.95. The lowest BCUT2D eigenvalue weighted by atomic mass is 9.90. The molecular weight excluding hydrogens is 356 g/mol. The first kappa shape index (κ1) is 23.9. The molecule has 0 radical (unpaired) electrons. The Morgan fingerprint density at radius 1 is 1.14 bits per heavy atom. The zero-order valence-electron chi connectivity index (χ0n) is 17.4. The SMILES string of the molecule is CCCCCCC=C[C@H]1C=CC(=O)[C@@H]1C/C=C\CCC(OC(C)=O)C(=O)OC. The molecule has 0 fully saturated rings. The molecule has 1 aliphatic carbocycles. The minimum atomic E-state index is -0.884. The fourth-order valence-corrected chi connectivity index (χ4v) is 3.23. The molecule has 1 rings (SSSR count). The fraction of sp³-hybridized carbons (Fsp3) is 0.609. The van der Waals surface area contributed by atoms with Crippen molar-refractivity contribution in [3.8, 4) is 0 Å². The van der Waals surface area contributed by atoms with E-state index >= 15 is 0 Å². The Kier molecular flexibility index (Phi) is 11.9. The summed E-state index contributed by atoms with van der Waals surface area (Å²) in [5, 5.41) is 0. The van der Waals surface area contributed by atoms with Gasteiger partial charge in [0.25, 0.3) is 0 Å². The zero-order valence-corrected chi connectivity index (χ0v) is 17.4. The number of methoxy groups -OCH3 is 1. The van der Waals surface area contributed by atoms with Crippen LogP contribution in [0.3, 0.4) is 0 Å². The van der Waals surface area contributed by atoms with E-state index in [2.05, 4.69) is 23.8 Å². The summed E-state index contributed by atoms with van der Waals surface area (Å²) < 4.78 is 9.62. The van der Waals surface area contributed by atoms with E-state index in [0.717, 1.165) is 6.42 Å². The Balaban J connectivity index is 2.41. The van der Waals surface area contributed by atoms with Gasteiger partial charge in [0, 0.05) is 18.8 Å². The Morgan fingerprint density at radius 3 is 2.61 bits per heavy atom. The summed E-state index contributed by atoms with van der Waals surface area (Å²) in [5.41, 5.74) is 0. The number of ketones is 1. The number of hydrogen-bond donors (Lipinski definition) is 0. The molecule has 3 atom stereocenters. The van der Waals surface area contributed by atoms with Crippen LogP contribution in [0.1, 0.15) is 65.2 Å². The van der Waals surface area contributed by atoms with E-state index in [-0.39, 0.29) is 17.6 Å². The van der Waals surface area contributed by atoms with E-state index in [1.54, 1.807) is 6.08 Å². The quantitative estimate of drug-likeness (QED) is 0.259. The number of rotatable bonds is 13. The highest BCUT2D eigenvalue weighted by Crippen LogP contribution is 2.27. The van der Waals surface area contributed by atoms with Gasteiger partial charge in [0.05, 0.1) is 7.11 Å². The van der Waals surface area contributed by atoms with Gasteiger partial charge in [-0.3, -0.25) is 9.59 Å². The number of carbonyl (C=O) groups is 3. The number of carbonyl (C=O) groups excluding carboxylic acids is 3. The van der Waals surface area contributed by atoms with Crippen LogP contribution in [-0.4, -0.2) is 30.9 Å². The van der Waals surface area contributed by atoms with Crippen molar-refractivity contribution in [1.29, 1.82) is 0 Å². The molecule has 0 aromatic rings. The molecule has 28 heavy (non-hydrogen) atoms. The lowest BCUT2D eigenvalue weighted by Crippen LogP contribution is -2.27. The largest absolute Gasteiger partial charge is 0.466 e. The number of hydrogen-bond acceptors (Lipinski definition) is 5. The lowest BCUT2D eigenvalue weighted by Gasteiger charge is -2.14. The minimum absolute atomic E-state index is 0.0481. The molecule has 1 unspecified atom stereocenters. The van der Waals surface area contributed by atoms with Gasteiger partial charge in [0.1, 0.15) is 0 Å². The van der Waals surface area contributed by atoms with Crippen LogP contribution < -0.4 is 0 Å². The van der Waals surface area contributed by atoms with Crippen LogP contribution in [0.25, 0.3) is 0 Å². The molecule has 0 heterocycles. The highest BCUT2D eigenvalue weighted by atomic mass is 16.6. The van der Waals surface area contributed by atoms with Crippen molar-refractivity contribution in [3.05, 3.63) is 36.5 Å².